The topological polar surface area (TPSA) is 93.2 Å². The van der Waals surface area contributed by atoms with E-state index in [4.69, 9.17) is 10.8 Å². The van der Waals surface area contributed by atoms with E-state index >= 15 is 0 Å². The average molecular weight is 210 g/mol. The van der Waals surface area contributed by atoms with E-state index in [1.807, 2.05) is 0 Å². The van der Waals surface area contributed by atoms with Crippen molar-refractivity contribution in [2.24, 2.45) is 0 Å². The first-order chi connectivity index (χ1) is 7.20. The van der Waals surface area contributed by atoms with E-state index in [1.54, 1.807) is 4.68 Å². The Balaban J connectivity index is 2.24. The zero-order valence-corrected chi connectivity index (χ0v) is 8.31. The Morgan fingerprint density at radius 3 is 2.80 bits per heavy atom. The van der Waals surface area contributed by atoms with Gasteiger partial charge >= 0.3 is 5.97 Å². The van der Waals surface area contributed by atoms with E-state index in [9.17, 15) is 4.79 Å². The van der Waals surface area contributed by atoms with Gasteiger partial charge in [-0.1, -0.05) is 0 Å². The Kier molecular flexibility index (Phi) is 2.59. The van der Waals surface area contributed by atoms with Crippen LogP contribution >= 0.6 is 0 Å². The minimum atomic E-state index is -1.02. The van der Waals surface area contributed by atoms with Crippen molar-refractivity contribution in [1.82, 2.24) is 15.1 Å². The van der Waals surface area contributed by atoms with Crippen LogP contribution in [0.25, 0.3) is 0 Å². The molecule has 0 bridgehead atoms. The monoisotopic (exact) mass is 210 g/mol. The first-order valence-corrected chi connectivity index (χ1v) is 4.97. The van der Waals surface area contributed by atoms with Crippen molar-refractivity contribution in [3.63, 3.8) is 0 Å². The summed E-state index contributed by atoms with van der Waals surface area (Å²) in [5.41, 5.74) is 5.83. The number of aromatic nitrogens is 2. The van der Waals surface area contributed by atoms with Crippen LogP contribution in [0.2, 0.25) is 0 Å². The predicted octanol–water partition coefficient (Wildman–Crippen LogP) is 0.0880. The van der Waals surface area contributed by atoms with Crippen molar-refractivity contribution >= 4 is 11.8 Å². The standard InChI is InChI=1S/C9H14N4O2/c10-8-7(9(14)15)5-12-13(8)6-1-3-11-4-2-6/h5-6,11H,1-4,10H2,(H,14,15). The number of nitrogen functional groups attached to an aromatic ring is 1. The van der Waals surface area contributed by atoms with E-state index in [2.05, 4.69) is 10.4 Å². The van der Waals surface area contributed by atoms with E-state index in [0.717, 1.165) is 25.9 Å². The molecule has 15 heavy (non-hydrogen) atoms. The number of rotatable bonds is 2. The van der Waals surface area contributed by atoms with Crippen LogP contribution in [0.1, 0.15) is 29.2 Å². The number of aromatic carboxylic acids is 1. The van der Waals surface area contributed by atoms with Gasteiger partial charge in [-0.25, -0.2) is 9.48 Å². The maximum Gasteiger partial charge on any atom is 0.341 e. The van der Waals surface area contributed by atoms with Crippen LogP contribution in [0.3, 0.4) is 0 Å². The van der Waals surface area contributed by atoms with Crippen molar-refractivity contribution in [3.05, 3.63) is 11.8 Å². The molecule has 1 fully saturated rings. The van der Waals surface area contributed by atoms with Gasteiger partial charge in [0.1, 0.15) is 11.4 Å². The molecule has 1 aromatic heterocycles. The second-order valence-electron chi connectivity index (χ2n) is 3.67. The fourth-order valence-corrected chi connectivity index (χ4v) is 1.88. The Bertz CT molecular complexity index is 368. The van der Waals surface area contributed by atoms with Gasteiger partial charge in [-0.15, -0.1) is 0 Å². The first-order valence-electron chi connectivity index (χ1n) is 4.97. The lowest BCUT2D eigenvalue weighted by molar-refractivity contribution is 0.0698. The average Bonchev–Trinajstić information content (AvgIpc) is 2.61. The van der Waals surface area contributed by atoms with Crippen molar-refractivity contribution in [3.8, 4) is 0 Å². The zero-order valence-electron chi connectivity index (χ0n) is 8.31. The van der Waals surface area contributed by atoms with Gasteiger partial charge < -0.3 is 16.2 Å². The molecule has 0 aromatic carbocycles. The highest BCUT2D eigenvalue weighted by atomic mass is 16.4. The van der Waals surface area contributed by atoms with Gasteiger partial charge in [0.05, 0.1) is 12.2 Å². The fourth-order valence-electron chi connectivity index (χ4n) is 1.88. The minimum Gasteiger partial charge on any atom is -0.477 e. The lowest BCUT2D eigenvalue weighted by Gasteiger charge is -2.23. The number of hydrogen-bond donors (Lipinski definition) is 3. The molecular weight excluding hydrogens is 196 g/mol. The van der Waals surface area contributed by atoms with Gasteiger partial charge in [-0.2, -0.15) is 5.10 Å². The van der Waals surface area contributed by atoms with Crippen LogP contribution in [-0.4, -0.2) is 33.9 Å². The Morgan fingerprint density at radius 1 is 1.60 bits per heavy atom. The quantitative estimate of drug-likeness (QED) is 0.643. The summed E-state index contributed by atoms with van der Waals surface area (Å²) in [6, 6.07) is 0.222. The van der Waals surface area contributed by atoms with E-state index in [-0.39, 0.29) is 17.4 Å². The van der Waals surface area contributed by atoms with E-state index in [0.29, 0.717) is 0 Å². The summed E-state index contributed by atoms with van der Waals surface area (Å²) in [4.78, 5) is 10.8. The summed E-state index contributed by atoms with van der Waals surface area (Å²) >= 11 is 0. The first kappa shape index (κ1) is 9.97. The molecule has 6 nitrogen and oxygen atoms in total. The summed E-state index contributed by atoms with van der Waals surface area (Å²) < 4.78 is 1.63. The largest absolute Gasteiger partial charge is 0.477 e. The molecule has 1 saturated heterocycles. The molecule has 2 rings (SSSR count). The highest BCUT2D eigenvalue weighted by molar-refractivity contribution is 5.92. The Hall–Kier alpha value is -1.56. The zero-order chi connectivity index (χ0) is 10.8. The van der Waals surface area contributed by atoms with Gasteiger partial charge in [0.15, 0.2) is 0 Å². The summed E-state index contributed by atoms with van der Waals surface area (Å²) in [7, 11) is 0. The normalized spacial score (nSPS) is 17.9. The molecule has 4 N–H and O–H groups in total. The van der Waals surface area contributed by atoms with Gasteiger partial charge in [0, 0.05) is 0 Å². The summed E-state index contributed by atoms with van der Waals surface area (Å²) in [6.45, 7) is 1.85. The molecule has 0 unspecified atom stereocenters. The molecule has 82 valence electrons. The smallest absolute Gasteiger partial charge is 0.341 e. The van der Waals surface area contributed by atoms with Gasteiger partial charge in [-0.05, 0) is 25.9 Å². The maximum atomic E-state index is 10.8. The van der Waals surface area contributed by atoms with Gasteiger partial charge in [-0.3, -0.25) is 0 Å². The van der Waals surface area contributed by atoms with Crippen LogP contribution in [0.15, 0.2) is 6.20 Å². The van der Waals surface area contributed by atoms with Crippen LogP contribution < -0.4 is 11.1 Å². The van der Waals surface area contributed by atoms with Gasteiger partial charge in [0.2, 0.25) is 0 Å². The number of carboxylic acid groups (broad SMARTS) is 1. The molecule has 1 aromatic rings. The third-order valence-corrected chi connectivity index (χ3v) is 2.72. The number of nitrogens with two attached hydrogens (primary N) is 1. The lowest BCUT2D eigenvalue weighted by Crippen LogP contribution is -2.30. The van der Waals surface area contributed by atoms with Crippen LogP contribution in [0.4, 0.5) is 5.82 Å². The molecule has 2 heterocycles. The van der Waals surface area contributed by atoms with Gasteiger partial charge in [0.25, 0.3) is 0 Å². The predicted molar refractivity (Wildman–Crippen MR) is 54.7 cm³/mol. The van der Waals surface area contributed by atoms with Crippen molar-refractivity contribution < 1.29 is 9.90 Å². The third-order valence-electron chi connectivity index (χ3n) is 2.72. The molecule has 0 saturated carbocycles. The number of nitrogens with zero attached hydrogens (tertiary/aromatic N) is 2. The third kappa shape index (κ3) is 1.80. The maximum absolute atomic E-state index is 10.8. The Morgan fingerprint density at radius 2 is 2.27 bits per heavy atom. The molecular formula is C9H14N4O2. The second-order valence-corrected chi connectivity index (χ2v) is 3.67. The molecule has 1 aliphatic rings. The van der Waals surface area contributed by atoms with Crippen LogP contribution in [-0.2, 0) is 0 Å². The summed E-state index contributed by atoms with van der Waals surface area (Å²) in [5.74, 6) is -0.762. The number of nitrogens with one attached hydrogen (secondary N) is 1. The summed E-state index contributed by atoms with van der Waals surface area (Å²) in [5, 5.41) is 16.1. The fraction of sp³-hybridized carbons (Fsp3) is 0.556. The lowest BCUT2D eigenvalue weighted by atomic mass is 10.1. The van der Waals surface area contributed by atoms with E-state index in [1.165, 1.54) is 6.20 Å². The second kappa shape index (κ2) is 3.90. The molecule has 0 aliphatic carbocycles. The van der Waals surface area contributed by atoms with Crippen molar-refractivity contribution in [1.29, 1.82) is 0 Å². The number of piperidine rings is 1. The SMILES string of the molecule is Nc1c(C(=O)O)cnn1C1CCNCC1. The Labute approximate surface area is 87.1 Å². The number of hydrogen-bond acceptors (Lipinski definition) is 4. The molecule has 1 aliphatic heterocycles. The van der Waals surface area contributed by atoms with Crippen molar-refractivity contribution in [2.45, 2.75) is 18.9 Å². The number of anilines is 1. The highest BCUT2D eigenvalue weighted by Crippen LogP contribution is 2.23. The minimum absolute atomic E-state index is 0.0912. The van der Waals surface area contributed by atoms with Crippen LogP contribution in [0, 0.1) is 0 Å². The van der Waals surface area contributed by atoms with Crippen LogP contribution in [0.5, 0.6) is 0 Å². The highest BCUT2D eigenvalue weighted by Gasteiger charge is 2.21. The number of carbonyl (C=O) groups is 1. The van der Waals surface area contributed by atoms with E-state index < -0.39 is 5.97 Å². The molecule has 0 spiro atoms. The van der Waals surface area contributed by atoms with Crippen molar-refractivity contribution in [2.75, 3.05) is 18.8 Å². The molecule has 0 amide bonds. The molecule has 0 atom stereocenters. The summed E-state index contributed by atoms with van der Waals surface area (Å²) in [6.07, 6.45) is 3.19. The molecule has 0 radical (unpaired) electrons. The number of carboxylic acids is 1. The molecule has 6 heteroatoms.